The summed E-state index contributed by atoms with van der Waals surface area (Å²) in [6, 6.07) is 12.6. The summed E-state index contributed by atoms with van der Waals surface area (Å²) in [5.41, 5.74) is -0.0593. The largest absolute Gasteiger partial charge is 0.492 e. The normalized spacial score (nSPS) is 11.2. The number of halogens is 4. The molecule has 0 unspecified atom stereocenters. The molecule has 1 N–H and O–H groups in total. The zero-order valence-corrected chi connectivity index (χ0v) is 16.8. The quantitative estimate of drug-likeness (QED) is 0.555. The molecule has 0 aliphatic heterocycles. The molecule has 1 aromatic heterocycles. The highest BCUT2D eigenvalue weighted by atomic mass is 35.5. The molecule has 162 valence electrons. The molecule has 31 heavy (non-hydrogen) atoms. The molecule has 1 heterocycles. The van der Waals surface area contributed by atoms with Crippen LogP contribution >= 0.6 is 11.6 Å². The average Bonchev–Trinajstić information content (AvgIpc) is 2.73. The molecular weight excluding hydrogens is 435 g/mol. The summed E-state index contributed by atoms with van der Waals surface area (Å²) < 4.78 is 44.4. The lowest BCUT2D eigenvalue weighted by Crippen LogP contribution is -2.34. The van der Waals surface area contributed by atoms with Crippen LogP contribution < -0.4 is 15.6 Å². The van der Waals surface area contributed by atoms with Gasteiger partial charge < -0.3 is 10.1 Å². The first kappa shape index (κ1) is 22.4. The van der Waals surface area contributed by atoms with E-state index < -0.39 is 23.2 Å². The highest BCUT2D eigenvalue weighted by Gasteiger charge is 2.30. The minimum Gasteiger partial charge on any atom is -0.492 e. The molecule has 0 aliphatic rings. The van der Waals surface area contributed by atoms with E-state index in [2.05, 4.69) is 10.3 Å². The van der Waals surface area contributed by atoms with Crippen LogP contribution in [0.15, 0.2) is 65.7 Å². The maximum Gasteiger partial charge on any atom is 0.416 e. The summed E-state index contributed by atoms with van der Waals surface area (Å²) >= 11 is 5.84. The third-order valence-electron chi connectivity index (χ3n) is 4.19. The number of carbonyl (C=O) groups excluding carboxylic acids is 1. The Morgan fingerprint density at radius 1 is 1.13 bits per heavy atom. The maximum absolute atomic E-state index is 12.7. The number of aromatic nitrogens is 2. The van der Waals surface area contributed by atoms with Crippen LogP contribution in [0.2, 0.25) is 5.02 Å². The lowest BCUT2D eigenvalue weighted by atomic mass is 10.1. The number of hydrogen-bond donors (Lipinski definition) is 1. The highest BCUT2D eigenvalue weighted by molar-refractivity contribution is 6.30. The van der Waals surface area contributed by atoms with Gasteiger partial charge in [0.1, 0.15) is 18.9 Å². The van der Waals surface area contributed by atoms with Gasteiger partial charge in [-0.3, -0.25) is 14.2 Å². The number of hydrogen-bond acceptors (Lipinski definition) is 4. The fraction of sp³-hybridized carbons (Fsp3) is 0.190. The van der Waals surface area contributed by atoms with Gasteiger partial charge in [0, 0.05) is 16.7 Å². The lowest BCUT2D eigenvalue weighted by molar-refractivity contribution is -0.137. The van der Waals surface area contributed by atoms with Crippen LogP contribution in [0.25, 0.3) is 11.3 Å². The number of nitrogens with zero attached hydrogens (tertiary/aromatic N) is 2. The van der Waals surface area contributed by atoms with Gasteiger partial charge in [-0.1, -0.05) is 29.8 Å². The second-order valence-corrected chi connectivity index (χ2v) is 6.91. The van der Waals surface area contributed by atoms with Crippen LogP contribution in [-0.4, -0.2) is 28.6 Å². The number of alkyl halides is 3. The van der Waals surface area contributed by atoms with Crippen molar-refractivity contribution in [2.24, 2.45) is 0 Å². The summed E-state index contributed by atoms with van der Waals surface area (Å²) in [7, 11) is 0. The fourth-order valence-corrected chi connectivity index (χ4v) is 2.78. The van der Waals surface area contributed by atoms with Crippen LogP contribution in [0.4, 0.5) is 13.2 Å². The van der Waals surface area contributed by atoms with Crippen molar-refractivity contribution in [1.82, 2.24) is 14.9 Å². The topological polar surface area (TPSA) is 73.2 Å². The summed E-state index contributed by atoms with van der Waals surface area (Å²) in [6.45, 7) is -0.230. The zero-order chi connectivity index (χ0) is 22.4. The predicted octanol–water partition coefficient (Wildman–Crippen LogP) is 3.78. The first-order chi connectivity index (χ1) is 14.7. The Labute approximate surface area is 180 Å². The van der Waals surface area contributed by atoms with Gasteiger partial charge in [-0.25, -0.2) is 4.98 Å². The molecule has 3 rings (SSSR count). The highest BCUT2D eigenvalue weighted by Crippen LogP contribution is 2.31. The average molecular weight is 452 g/mol. The predicted molar refractivity (Wildman–Crippen MR) is 109 cm³/mol. The second-order valence-electron chi connectivity index (χ2n) is 6.47. The Bertz CT molecular complexity index is 1120. The van der Waals surface area contributed by atoms with Crippen molar-refractivity contribution >= 4 is 17.5 Å². The van der Waals surface area contributed by atoms with Crippen molar-refractivity contribution in [2.45, 2.75) is 12.7 Å². The van der Waals surface area contributed by atoms with E-state index >= 15 is 0 Å². The van der Waals surface area contributed by atoms with Crippen LogP contribution in [-0.2, 0) is 17.5 Å². The van der Waals surface area contributed by atoms with Gasteiger partial charge in [0.05, 0.1) is 24.1 Å². The van der Waals surface area contributed by atoms with Crippen molar-refractivity contribution in [1.29, 1.82) is 0 Å². The Morgan fingerprint density at radius 2 is 1.87 bits per heavy atom. The Morgan fingerprint density at radius 3 is 2.55 bits per heavy atom. The summed E-state index contributed by atoms with van der Waals surface area (Å²) in [4.78, 5) is 28.5. The van der Waals surface area contributed by atoms with Gasteiger partial charge in [-0.2, -0.15) is 13.2 Å². The van der Waals surface area contributed by atoms with Gasteiger partial charge in [0.2, 0.25) is 5.91 Å². The van der Waals surface area contributed by atoms with Gasteiger partial charge >= 0.3 is 6.18 Å². The smallest absolute Gasteiger partial charge is 0.416 e. The van der Waals surface area contributed by atoms with Crippen molar-refractivity contribution in [3.8, 4) is 17.0 Å². The van der Waals surface area contributed by atoms with E-state index in [0.29, 0.717) is 16.3 Å². The van der Waals surface area contributed by atoms with Gasteiger partial charge in [0.25, 0.3) is 5.56 Å². The van der Waals surface area contributed by atoms with E-state index in [9.17, 15) is 22.8 Å². The van der Waals surface area contributed by atoms with Crippen molar-refractivity contribution in [3.05, 3.63) is 81.9 Å². The first-order valence-corrected chi connectivity index (χ1v) is 9.49. The number of rotatable bonds is 7. The fourth-order valence-electron chi connectivity index (χ4n) is 2.66. The third-order valence-corrected chi connectivity index (χ3v) is 4.44. The molecule has 0 spiro atoms. The molecule has 0 saturated carbocycles. The van der Waals surface area contributed by atoms with Crippen LogP contribution in [0.5, 0.6) is 5.75 Å². The van der Waals surface area contributed by atoms with Crippen molar-refractivity contribution in [3.63, 3.8) is 0 Å². The molecule has 10 heteroatoms. The van der Waals surface area contributed by atoms with E-state index in [4.69, 9.17) is 16.3 Å². The van der Waals surface area contributed by atoms with Crippen LogP contribution in [0, 0.1) is 0 Å². The molecule has 0 atom stereocenters. The monoisotopic (exact) mass is 451 g/mol. The molecule has 1 amide bonds. The molecule has 0 bridgehead atoms. The van der Waals surface area contributed by atoms with E-state index in [-0.39, 0.29) is 25.4 Å². The molecule has 2 aromatic carbocycles. The summed E-state index contributed by atoms with van der Waals surface area (Å²) in [5.74, 6) is -0.418. The molecule has 6 nitrogen and oxygen atoms in total. The standard InChI is InChI=1S/C21H17ClF3N3O3/c22-16-6-4-14(5-7-16)18-11-20(30)28(13-27-18)12-19(29)26-8-9-31-17-3-1-2-15(10-17)21(23,24)25/h1-7,10-11,13H,8-9,12H2,(H,26,29). The molecule has 3 aromatic rings. The van der Waals surface area contributed by atoms with Gasteiger partial charge in [-0.05, 0) is 30.3 Å². The lowest BCUT2D eigenvalue weighted by Gasteiger charge is -2.11. The Balaban J connectivity index is 1.50. The first-order valence-electron chi connectivity index (χ1n) is 9.11. The molecule has 0 saturated heterocycles. The third kappa shape index (κ3) is 6.32. The molecule has 0 radical (unpaired) electrons. The molecule has 0 aliphatic carbocycles. The van der Waals surface area contributed by atoms with Gasteiger partial charge in [0.15, 0.2) is 0 Å². The summed E-state index contributed by atoms with van der Waals surface area (Å²) in [5, 5.41) is 3.10. The Hall–Kier alpha value is -3.33. The van der Waals surface area contributed by atoms with E-state index in [0.717, 1.165) is 16.7 Å². The number of nitrogens with one attached hydrogen (secondary N) is 1. The SMILES string of the molecule is O=C(Cn1cnc(-c2ccc(Cl)cc2)cc1=O)NCCOc1cccc(C(F)(F)F)c1. The minimum absolute atomic E-state index is 0.0320. The Kier molecular flexibility index (Phi) is 6.96. The minimum atomic E-state index is -4.46. The van der Waals surface area contributed by atoms with Crippen LogP contribution in [0.1, 0.15) is 5.56 Å². The zero-order valence-electron chi connectivity index (χ0n) is 16.0. The number of ether oxygens (including phenoxy) is 1. The van der Waals surface area contributed by atoms with Crippen molar-refractivity contribution in [2.75, 3.05) is 13.2 Å². The van der Waals surface area contributed by atoms with Crippen molar-refractivity contribution < 1.29 is 22.7 Å². The molecule has 0 fully saturated rings. The van der Waals surface area contributed by atoms with E-state index in [1.165, 1.54) is 24.5 Å². The number of carbonyl (C=O) groups is 1. The molecular formula is C21H17ClF3N3O3. The maximum atomic E-state index is 12.7. The van der Waals surface area contributed by atoms with Gasteiger partial charge in [-0.15, -0.1) is 0 Å². The number of benzene rings is 2. The second kappa shape index (κ2) is 9.65. The van der Waals surface area contributed by atoms with Crippen LogP contribution in [0.3, 0.4) is 0 Å². The summed E-state index contributed by atoms with van der Waals surface area (Å²) in [6.07, 6.45) is -3.19. The number of amides is 1. The van der Waals surface area contributed by atoms with E-state index in [1.807, 2.05) is 0 Å². The van der Waals surface area contributed by atoms with E-state index in [1.54, 1.807) is 24.3 Å².